The first-order chi connectivity index (χ1) is 14.5. The van der Waals surface area contributed by atoms with E-state index in [1.165, 1.54) is 0 Å². The Labute approximate surface area is 177 Å². The minimum Gasteiger partial charge on any atom is -0.478 e. The highest BCUT2D eigenvalue weighted by Crippen LogP contribution is 2.41. The van der Waals surface area contributed by atoms with Gasteiger partial charge in [0.15, 0.2) is 5.82 Å². The summed E-state index contributed by atoms with van der Waals surface area (Å²) in [7, 11) is 0. The van der Waals surface area contributed by atoms with Crippen molar-refractivity contribution in [1.82, 2.24) is 9.97 Å². The number of carbonyl (C=O) groups excluding carboxylic acids is 1. The maximum Gasteiger partial charge on any atom is 0.416 e. The number of nitriles is 1. The van der Waals surface area contributed by atoms with E-state index in [0.717, 1.165) is 17.8 Å². The van der Waals surface area contributed by atoms with Gasteiger partial charge in [-0.15, -0.1) is 11.8 Å². The lowest BCUT2D eigenvalue weighted by Gasteiger charge is -2.20. The minimum absolute atomic E-state index is 0.0299. The van der Waals surface area contributed by atoms with Gasteiger partial charge in [0.2, 0.25) is 11.9 Å². The van der Waals surface area contributed by atoms with Crippen LogP contribution in [0.4, 0.5) is 30.6 Å². The van der Waals surface area contributed by atoms with E-state index in [2.05, 4.69) is 20.6 Å². The number of nitrogens with one attached hydrogen (secondary N) is 2. The number of amides is 1. The molecule has 0 spiro atoms. The maximum absolute atomic E-state index is 13.1. The largest absolute Gasteiger partial charge is 0.478 e. The van der Waals surface area contributed by atoms with Gasteiger partial charge < -0.3 is 21.5 Å². The highest BCUT2D eigenvalue weighted by molar-refractivity contribution is 7.98. The molecule has 1 aliphatic carbocycles. The summed E-state index contributed by atoms with van der Waals surface area (Å²) in [6.07, 6.45) is -2.49. The fourth-order valence-electron chi connectivity index (χ4n) is 2.79. The molecule has 162 valence electrons. The number of carboxylic acid groups (broad SMARTS) is 1. The third-order valence-electron chi connectivity index (χ3n) is 4.51. The van der Waals surface area contributed by atoms with Crippen molar-refractivity contribution in [1.29, 1.82) is 5.26 Å². The van der Waals surface area contributed by atoms with Gasteiger partial charge >= 0.3 is 12.1 Å². The van der Waals surface area contributed by atoms with Crippen LogP contribution in [0.5, 0.6) is 0 Å². The molecule has 2 aromatic rings. The van der Waals surface area contributed by atoms with Crippen LogP contribution >= 0.6 is 11.8 Å². The van der Waals surface area contributed by atoms with E-state index >= 15 is 0 Å². The van der Waals surface area contributed by atoms with E-state index in [-0.39, 0.29) is 23.0 Å². The predicted molar refractivity (Wildman–Crippen MR) is 106 cm³/mol. The molecule has 1 fully saturated rings. The first-order valence-electron chi connectivity index (χ1n) is 8.66. The Morgan fingerprint density at radius 1 is 1.29 bits per heavy atom. The molecule has 1 heterocycles. The van der Waals surface area contributed by atoms with E-state index < -0.39 is 34.7 Å². The number of hydrogen-bond acceptors (Lipinski definition) is 8. The van der Waals surface area contributed by atoms with Crippen molar-refractivity contribution in [2.24, 2.45) is 0 Å². The third kappa shape index (κ3) is 4.64. The van der Waals surface area contributed by atoms with E-state index in [9.17, 15) is 28.0 Å². The molecular formula is C18H15F3N6O3S. The van der Waals surface area contributed by atoms with Crippen molar-refractivity contribution >= 4 is 41.1 Å². The van der Waals surface area contributed by atoms with Gasteiger partial charge in [0.05, 0.1) is 11.1 Å². The van der Waals surface area contributed by atoms with Crippen molar-refractivity contribution in [2.75, 3.05) is 22.6 Å². The Bertz CT molecular complexity index is 1110. The number of aromatic nitrogens is 2. The molecule has 5 N–H and O–H groups in total. The smallest absolute Gasteiger partial charge is 0.416 e. The number of nitrogen functional groups attached to an aromatic ring is 1. The summed E-state index contributed by atoms with van der Waals surface area (Å²) in [5.41, 5.74) is 2.34. The highest BCUT2D eigenvalue weighted by atomic mass is 32.2. The number of aromatic carboxylic acids is 1. The van der Waals surface area contributed by atoms with E-state index in [4.69, 9.17) is 10.8 Å². The number of carbonyl (C=O) groups is 2. The molecule has 1 amide bonds. The quantitative estimate of drug-likeness (QED) is 0.382. The molecule has 0 saturated heterocycles. The van der Waals surface area contributed by atoms with Crippen LogP contribution in [0.2, 0.25) is 0 Å². The molecule has 1 aromatic heterocycles. The Morgan fingerprint density at radius 3 is 2.48 bits per heavy atom. The van der Waals surface area contributed by atoms with Gasteiger partial charge in [-0.3, -0.25) is 4.79 Å². The molecule has 1 saturated carbocycles. The Balaban J connectivity index is 1.90. The van der Waals surface area contributed by atoms with Crippen LogP contribution in [0.15, 0.2) is 23.2 Å². The number of anilines is 3. The molecule has 3 rings (SSSR count). The number of benzene rings is 1. The van der Waals surface area contributed by atoms with E-state index in [1.807, 2.05) is 6.07 Å². The number of rotatable bonds is 6. The second-order valence-electron chi connectivity index (χ2n) is 6.69. The lowest BCUT2D eigenvalue weighted by molar-refractivity contribution is -0.137. The molecular weight excluding hydrogens is 437 g/mol. The average molecular weight is 452 g/mol. The van der Waals surface area contributed by atoms with Crippen LogP contribution in [0, 0.1) is 11.3 Å². The summed E-state index contributed by atoms with van der Waals surface area (Å²) in [5, 5.41) is 24.0. The zero-order chi connectivity index (χ0) is 23.0. The third-order valence-corrected chi connectivity index (χ3v) is 5.19. The lowest BCUT2D eigenvalue weighted by atomic mass is 10.1. The van der Waals surface area contributed by atoms with Crippen molar-refractivity contribution in [3.05, 3.63) is 34.9 Å². The SMILES string of the molecule is CSc1nc(N)nc(NC2(C(=O)Nc3cc(C(=O)O)cc(C(F)(F)F)c3)CC2)c1C#N. The molecule has 1 aliphatic rings. The Kier molecular flexibility index (Phi) is 5.68. The van der Waals surface area contributed by atoms with Crippen LogP contribution in [0.1, 0.15) is 34.3 Å². The van der Waals surface area contributed by atoms with Crippen LogP contribution in [0.25, 0.3) is 0 Å². The Hall–Kier alpha value is -3.53. The van der Waals surface area contributed by atoms with Gasteiger partial charge in [0.1, 0.15) is 22.2 Å². The van der Waals surface area contributed by atoms with Gasteiger partial charge in [0, 0.05) is 5.69 Å². The molecule has 31 heavy (non-hydrogen) atoms. The number of carboxylic acids is 1. The molecule has 1 aromatic carbocycles. The predicted octanol–water partition coefficient (Wildman–Crippen LogP) is 2.95. The van der Waals surface area contributed by atoms with Crippen LogP contribution in [-0.2, 0) is 11.0 Å². The van der Waals surface area contributed by atoms with Crippen molar-refractivity contribution < 1.29 is 27.9 Å². The first kappa shape index (κ1) is 22.2. The summed E-state index contributed by atoms with van der Waals surface area (Å²) in [5.74, 6) is -2.36. The highest BCUT2D eigenvalue weighted by Gasteiger charge is 2.51. The number of thioether (sulfide) groups is 1. The molecule has 0 atom stereocenters. The molecule has 13 heteroatoms. The fraction of sp³-hybridized carbons (Fsp3) is 0.278. The molecule has 0 bridgehead atoms. The topological polar surface area (TPSA) is 154 Å². The van der Waals surface area contributed by atoms with Crippen molar-refractivity contribution in [3.63, 3.8) is 0 Å². The Morgan fingerprint density at radius 2 is 1.97 bits per heavy atom. The van der Waals surface area contributed by atoms with Crippen molar-refractivity contribution in [2.45, 2.75) is 29.6 Å². The van der Waals surface area contributed by atoms with Crippen LogP contribution in [-0.4, -0.2) is 38.7 Å². The minimum atomic E-state index is -4.80. The second-order valence-corrected chi connectivity index (χ2v) is 7.48. The van der Waals surface area contributed by atoms with E-state index in [1.54, 1.807) is 6.26 Å². The van der Waals surface area contributed by atoms with Crippen molar-refractivity contribution in [3.8, 4) is 6.07 Å². The second kappa shape index (κ2) is 7.95. The van der Waals surface area contributed by atoms with Crippen LogP contribution < -0.4 is 16.4 Å². The standard InChI is InChI=1S/C18H15F3N6O3S/c1-31-13-11(7-22)12(25-16(23)26-13)27-17(2-3-17)15(30)24-10-5-8(14(28)29)4-9(6-10)18(19,20)21/h4-6H,2-3H2,1H3,(H,24,30)(H,28,29)(H3,23,25,26,27). The molecule has 0 aliphatic heterocycles. The molecule has 9 nitrogen and oxygen atoms in total. The van der Waals surface area contributed by atoms with Gasteiger partial charge in [-0.2, -0.15) is 23.4 Å². The number of alkyl halides is 3. The van der Waals surface area contributed by atoms with Gasteiger partial charge in [0.25, 0.3) is 0 Å². The fourth-order valence-corrected chi connectivity index (χ4v) is 3.32. The molecule has 0 unspecified atom stereocenters. The number of nitrogens with zero attached hydrogens (tertiary/aromatic N) is 3. The summed E-state index contributed by atoms with van der Waals surface area (Å²) in [6.45, 7) is 0. The maximum atomic E-state index is 13.1. The van der Waals surface area contributed by atoms with Crippen LogP contribution in [0.3, 0.4) is 0 Å². The summed E-state index contributed by atoms with van der Waals surface area (Å²) < 4.78 is 39.3. The summed E-state index contributed by atoms with van der Waals surface area (Å²) in [4.78, 5) is 31.9. The monoisotopic (exact) mass is 452 g/mol. The average Bonchev–Trinajstić information content (AvgIpc) is 3.47. The first-order valence-corrected chi connectivity index (χ1v) is 9.88. The van der Waals surface area contributed by atoms with Gasteiger partial charge in [-0.05, 0) is 37.3 Å². The summed E-state index contributed by atoms with van der Waals surface area (Å²) >= 11 is 1.16. The number of halogens is 3. The van der Waals surface area contributed by atoms with Gasteiger partial charge in [-0.25, -0.2) is 9.78 Å². The number of nitrogens with two attached hydrogens (primary N) is 1. The van der Waals surface area contributed by atoms with Gasteiger partial charge in [-0.1, -0.05) is 0 Å². The number of hydrogen-bond donors (Lipinski definition) is 4. The zero-order valence-corrected chi connectivity index (χ0v) is 16.7. The van der Waals surface area contributed by atoms with E-state index in [0.29, 0.717) is 30.0 Å². The molecule has 0 radical (unpaired) electrons. The lowest BCUT2D eigenvalue weighted by Crippen LogP contribution is -2.37. The zero-order valence-electron chi connectivity index (χ0n) is 15.9. The summed E-state index contributed by atoms with van der Waals surface area (Å²) in [6, 6.07) is 4.00. The normalized spacial score (nSPS) is 14.4.